The summed E-state index contributed by atoms with van der Waals surface area (Å²) < 4.78 is 5.00. The molecule has 0 radical (unpaired) electrons. The molecule has 1 rings (SSSR count). The molecule has 0 aromatic carbocycles. The molecule has 1 atom stereocenters. The largest absolute Gasteiger partial charge is 0.481 e. The zero-order chi connectivity index (χ0) is 10.8. The number of nitrogens with zero attached hydrogens (tertiary/aromatic N) is 1. The van der Waals surface area contributed by atoms with Gasteiger partial charge >= 0.3 is 5.97 Å². The number of hydrogen-bond acceptors (Lipinski definition) is 3. The lowest BCUT2D eigenvalue weighted by Crippen LogP contribution is -2.40. The van der Waals surface area contributed by atoms with Crippen LogP contribution in [0, 0.1) is 5.92 Å². The minimum absolute atomic E-state index is 0.0123. The highest BCUT2D eigenvalue weighted by Gasteiger charge is 2.40. The number of carbonyl (C=O) groups is 1. The van der Waals surface area contributed by atoms with Crippen molar-refractivity contribution in [3.8, 4) is 0 Å². The van der Waals surface area contributed by atoms with E-state index in [-0.39, 0.29) is 11.5 Å². The Bertz CT molecular complexity index is 215. The van der Waals surface area contributed by atoms with Gasteiger partial charge < -0.3 is 9.84 Å². The lowest BCUT2D eigenvalue weighted by atomic mass is 9.96. The number of aliphatic carboxylic acids is 1. The molecule has 14 heavy (non-hydrogen) atoms. The Morgan fingerprint density at radius 3 is 2.71 bits per heavy atom. The standard InChI is InChI=1S/C10H19NO3/c1-10(2)6-8(9(12)13)7-11(10)4-5-14-3/h8H,4-7H2,1-3H3,(H,12,13). The van der Waals surface area contributed by atoms with Crippen LogP contribution in [0.25, 0.3) is 0 Å². The Hall–Kier alpha value is -0.610. The lowest BCUT2D eigenvalue weighted by Gasteiger charge is -2.30. The van der Waals surface area contributed by atoms with Crippen molar-refractivity contribution in [1.82, 2.24) is 4.90 Å². The van der Waals surface area contributed by atoms with E-state index in [0.29, 0.717) is 13.2 Å². The maximum Gasteiger partial charge on any atom is 0.307 e. The van der Waals surface area contributed by atoms with E-state index in [1.807, 2.05) is 0 Å². The van der Waals surface area contributed by atoms with E-state index in [0.717, 1.165) is 13.0 Å². The van der Waals surface area contributed by atoms with Crippen LogP contribution in [0.15, 0.2) is 0 Å². The summed E-state index contributed by atoms with van der Waals surface area (Å²) in [6, 6.07) is 0. The van der Waals surface area contributed by atoms with Crippen molar-refractivity contribution in [1.29, 1.82) is 0 Å². The second kappa shape index (κ2) is 4.28. The lowest BCUT2D eigenvalue weighted by molar-refractivity contribution is -0.141. The molecule has 1 fully saturated rings. The van der Waals surface area contributed by atoms with E-state index in [1.54, 1.807) is 7.11 Å². The van der Waals surface area contributed by atoms with E-state index >= 15 is 0 Å². The molecule has 1 heterocycles. The van der Waals surface area contributed by atoms with Gasteiger partial charge in [0.15, 0.2) is 0 Å². The third-order valence-electron chi connectivity index (χ3n) is 2.96. The molecule has 0 aromatic heterocycles. The Labute approximate surface area is 84.8 Å². The van der Waals surface area contributed by atoms with Crippen LogP contribution in [0.3, 0.4) is 0 Å². The summed E-state index contributed by atoms with van der Waals surface area (Å²) in [6.07, 6.45) is 0.728. The predicted molar refractivity (Wildman–Crippen MR) is 53.3 cm³/mol. The fraction of sp³-hybridized carbons (Fsp3) is 0.900. The van der Waals surface area contributed by atoms with Gasteiger partial charge in [-0.3, -0.25) is 9.69 Å². The molecule has 0 saturated carbocycles. The Balaban J connectivity index is 2.55. The molecule has 82 valence electrons. The Kier molecular flexibility index (Phi) is 3.50. The van der Waals surface area contributed by atoms with Crippen LogP contribution < -0.4 is 0 Å². The molecule has 1 aliphatic heterocycles. The molecule has 1 N–H and O–H groups in total. The maximum atomic E-state index is 10.9. The number of methoxy groups -OCH3 is 1. The van der Waals surface area contributed by atoms with Gasteiger partial charge in [-0.25, -0.2) is 0 Å². The second-order valence-electron chi connectivity index (χ2n) is 4.49. The van der Waals surface area contributed by atoms with Crippen LogP contribution in [0.1, 0.15) is 20.3 Å². The Morgan fingerprint density at radius 1 is 1.64 bits per heavy atom. The van der Waals surface area contributed by atoms with E-state index in [2.05, 4.69) is 18.7 Å². The molecule has 0 aliphatic carbocycles. The third-order valence-corrected chi connectivity index (χ3v) is 2.96. The minimum atomic E-state index is -0.682. The molecule has 0 bridgehead atoms. The van der Waals surface area contributed by atoms with Crippen molar-refractivity contribution in [2.24, 2.45) is 5.92 Å². The van der Waals surface area contributed by atoms with Crippen molar-refractivity contribution in [3.05, 3.63) is 0 Å². The minimum Gasteiger partial charge on any atom is -0.481 e. The van der Waals surface area contributed by atoms with Crippen molar-refractivity contribution >= 4 is 5.97 Å². The zero-order valence-electron chi connectivity index (χ0n) is 9.12. The third kappa shape index (κ3) is 2.45. The normalized spacial score (nSPS) is 26.6. The van der Waals surface area contributed by atoms with Crippen molar-refractivity contribution in [2.75, 3.05) is 26.8 Å². The molecule has 0 aromatic rings. The Morgan fingerprint density at radius 2 is 2.29 bits per heavy atom. The van der Waals surface area contributed by atoms with Gasteiger partial charge in [0.2, 0.25) is 0 Å². The summed E-state index contributed by atoms with van der Waals surface area (Å²) in [5.41, 5.74) is -0.0123. The second-order valence-corrected chi connectivity index (χ2v) is 4.49. The first kappa shape index (κ1) is 11.5. The van der Waals surface area contributed by atoms with Crippen LogP contribution in [-0.4, -0.2) is 48.3 Å². The smallest absolute Gasteiger partial charge is 0.307 e. The van der Waals surface area contributed by atoms with E-state index in [1.165, 1.54) is 0 Å². The summed E-state index contributed by atoms with van der Waals surface area (Å²) in [4.78, 5) is 13.0. The average molecular weight is 201 g/mol. The van der Waals surface area contributed by atoms with Gasteiger partial charge in [-0.05, 0) is 20.3 Å². The van der Waals surface area contributed by atoms with Gasteiger partial charge in [0.05, 0.1) is 12.5 Å². The first-order valence-electron chi connectivity index (χ1n) is 4.94. The highest BCUT2D eigenvalue weighted by Crippen LogP contribution is 2.32. The predicted octanol–water partition coefficient (Wildman–Crippen LogP) is 0.818. The van der Waals surface area contributed by atoms with Gasteiger partial charge in [-0.1, -0.05) is 0 Å². The number of carboxylic acid groups (broad SMARTS) is 1. The molecular formula is C10H19NO3. The highest BCUT2D eigenvalue weighted by molar-refractivity contribution is 5.70. The molecule has 4 nitrogen and oxygen atoms in total. The number of likely N-dealkylation sites (tertiary alicyclic amines) is 1. The average Bonchev–Trinajstić information content (AvgIpc) is 2.38. The molecule has 1 saturated heterocycles. The molecule has 0 amide bonds. The van der Waals surface area contributed by atoms with Crippen LogP contribution in [0.5, 0.6) is 0 Å². The fourth-order valence-electron chi connectivity index (χ4n) is 2.07. The molecule has 4 heteroatoms. The van der Waals surface area contributed by atoms with Gasteiger partial charge in [-0.2, -0.15) is 0 Å². The van der Waals surface area contributed by atoms with Crippen LogP contribution in [0.4, 0.5) is 0 Å². The molecular weight excluding hydrogens is 182 g/mol. The van der Waals surface area contributed by atoms with E-state index in [4.69, 9.17) is 9.84 Å². The van der Waals surface area contributed by atoms with Crippen LogP contribution in [0.2, 0.25) is 0 Å². The number of ether oxygens (including phenoxy) is 1. The SMILES string of the molecule is COCCN1CC(C(=O)O)CC1(C)C. The van der Waals surface area contributed by atoms with Crippen LogP contribution >= 0.6 is 0 Å². The zero-order valence-corrected chi connectivity index (χ0v) is 9.12. The highest BCUT2D eigenvalue weighted by atomic mass is 16.5. The summed E-state index contributed by atoms with van der Waals surface area (Å²) >= 11 is 0. The molecule has 1 unspecified atom stereocenters. The number of hydrogen-bond donors (Lipinski definition) is 1. The van der Waals surface area contributed by atoms with Gasteiger partial charge in [0.1, 0.15) is 0 Å². The van der Waals surface area contributed by atoms with Gasteiger partial charge in [0.25, 0.3) is 0 Å². The first-order chi connectivity index (χ1) is 6.47. The summed E-state index contributed by atoms with van der Waals surface area (Å²) in [6.45, 7) is 6.30. The van der Waals surface area contributed by atoms with Gasteiger partial charge in [-0.15, -0.1) is 0 Å². The quantitative estimate of drug-likeness (QED) is 0.731. The summed E-state index contributed by atoms with van der Waals surface area (Å²) in [5, 5.41) is 8.93. The first-order valence-corrected chi connectivity index (χ1v) is 4.94. The summed E-state index contributed by atoms with van der Waals surface area (Å²) in [7, 11) is 1.66. The fourth-order valence-corrected chi connectivity index (χ4v) is 2.07. The van der Waals surface area contributed by atoms with Crippen molar-refractivity contribution in [2.45, 2.75) is 25.8 Å². The topological polar surface area (TPSA) is 49.8 Å². The molecule has 1 aliphatic rings. The maximum absolute atomic E-state index is 10.9. The van der Waals surface area contributed by atoms with Crippen molar-refractivity contribution < 1.29 is 14.6 Å². The van der Waals surface area contributed by atoms with Crippen LogP contribution in [-0.2, 0) is 9.53 Å². The summed E-state index contributed by atoms with van der Waals surface area (Å²) in [5.74, 6) is -0.903. The van der Waals surface area contributed by atoms with E-state index in [9.17, 15) is 4.79 Å². The van der Waals surface area contributed by atoms with E-state index < -0.39 is 5.97 Å². The number of rotatable bonds is 4. The van der Waals surface area contributed by atoms with Gasteiger partial charge in [0, 0.05) is 25.7 Å². The monoisotopic (exact) mass is 201 g/mol. The number of carboxylic acids is 1. The molecule has 0 spiro atoms. The van der Waals surface area contributed by atoms with Crippen molar-refractivity contribution in [3.63, 3.8) is 0 Å².